The lowest BCUT2D eigenvalue weighted by molar-refractivity contribution is 0.310. The van der Waals surface area contributed by atoms with E-state index in [0.717, 1.165) is 30.0 Å². The molecule has 0 saturated carbocycles. The van der Waals surface area contributed by atoms with Gasteiger partial charge in [-0.15, -0.1) is 0 Å². The molecule has 4 heteroatoms. The van der Waals surface area contributed by atoms with Crippen molar-refractivity contribution in [2.24, 2.45) is 0 Å². The van der Waals surface area contributed by atoms with Gasteiger partial charge in [-0.3, -0.25) is 4.90 Å². The van der Waals surface area contributed by atoms with Crippen molar-refractivity contribution in [2.75, 3.05) is 14.2 Å². The Kier molecular flexibility index (Phi) is 5.15. The highest BCUT2D eigenvalue weighted by Crippen LogP contribution is 2.21. The maximum Gasteiger partial charge on any atom is 0.137 e. The molecule has 106 valence electrons. The normalized spacial score (nSPS) is 10.8. The Bertz CT molecular complexity index is 588. The summed E-state index contributed by atoms with van der Waals surface area (Å²) in [5.41, 5.74) is 2.20. The van der Waals surface area contributed by atoms with Gasteiger partial charge < -0.3 is 4.74 Å². The van der Waals surface area contributed by atoms with E-state index >= 15 is 0 Å². The summed E-state index contributed by atoms with van der Waals surface area (Å²) in [4.78, 5) is 2.16. The number of halogens is 2. The third-order valence-corrected chi connectivity index (χ3v) is 3.68. The van der Waals surface area contributed by atoms with E-state index in [1.165, 1.54) is 6.07 Å². The molecule has 0 aromatic heterocycles. The lowest BCUT2D eigenvalue weighted by atomic mass is 10.1. The van der Waals surface area contributed by atoms with Crippen LogP contribution in [0.4, 0.5) is 4.39 Å². The van der Waals surface area contributed by atoms with Gasteiger partial charge in [-0.2, -0.15) is 0 Å². The van der Waals surface area contributed by atoms with Crippen LogP contribution in [0.15, 0.2) is 46.9 Å². The van der Waals surface area contributed by atoms with Gasteiger partial charge >= 0.3 is 0 Å². The molecule has 0 saturated heterocycles. The summed E-state index contributed by atoms with van der Waals surface area (Å²) in [6.07, 6.45) is 0. The van der Waals surface area contributed by atoms with Crippen LogP contribution >= 0.6 is 15.9 Å². The molecule has 20 heavy (non-hydrogen) atoms. The number of benzene rings is 2. The zero-order chi connectivity index (χ0) is 14.5. The van der Waals surface area contributed by atoms with E-state index in [-0.39, 0.29) is 5.82 Å². The fourth-order valence-corrected chi connectivity index (χ4v) is 2.56. The van der Waals surface area contributed by atoms with Crippen LogP contribution in [0.2, 0.25) is 0 Å². The second-order valence-corrected chi connectivity index (χ2v) is 5.59. The topological polar surface area (TPSA) is 12.5 Å². The summed E-state index contributed by atoms with van der Waals surface area (Å²) in [5.74, 6) is 0.653. The molecule has 2 aromatic carbocycles. The first-order chi connectivity index (χ1) is 9.60. The van der Waals surface area contributed by atoms with Crippen molar-refractivity contribution in [2.45, 2.75) is 13.1 Å². The first-order valence-electron chi connectivity index (χ1n) is 6.34. The quantitative estimate of drug-likeness (QED) is 0.809. The van der Waals surface area contributed by atoms with Gasteiger partial charge in [0.15, 0.2) is 0 Å². The fourth-order valence-electron chi connectivity index (χ4n) is 2.13. The third-order valence-electron chi connectivity index (χ3n) is 3.07. The molecule has 0 aliphatic carbocycles. The number of rotatable bonds is 5. The van der Waals surface area contributed by atoms with Gasteiger partial charge in [-0.1, -0.05) is 24.3 Å². The molecule has 2 aromatic rings. The van der Waals surface area contributed by atoms with Crippen molar-refractivity contribution >= 4 is 15.9 Å². The Hall–Kier alpha value is -1.39. The number of para-hydroxylation sites is 1. The van der Waals surface area contributed by atoms with Crippen LogP contribution in [0.1, 0.15) is 11.1 Å². The Labute approximate surface area is 127 Å². The Balaban J connectivity index is 2.05. The minimum atomic E-state index is -0.235. The van der Waals surface area contributed by atoms with Crippen LogP contribution in [0.5, 0.6) is 5.75 Å². The summed E-state index contributed by atoms with van der Waals surface area (Å²) in [7, 11) is 3.71. The summed E-state index contributed by atoms with van der Waals surface area (Å²) in [6, 6.07) is 13.1. The predicted molar refractivity (Wildman–Crippen MR) is 82.3 cm³/mol. The summed E-state index contributed by atoms with van der Waals surface area (Å²) in [6.45, 7) is 1.52. The maximum atomic E-state index is 13.2. The SMILES string of the molecule is COc1ccccc1CN(C)Cc1ccc(F)c(Br)c1. The van der Waals surface area contributed by atoms with Gasteiger partial charge in [0.2, 0.25) is 0 Å². The van der Waals surface area contributed by atoms with E-state index in [9.17, 15) is 4.39 Å². The zero-order valence-corrected chi connectivity index (χ0v) is 13.2. The van der Waals surface area contributed by atoms with Gasteiger partial charge in [-0.25, -0.2) is 4.39 Å². The first kappa shape index (κ1) is 15.0. The highest BCUT2D eigenvalue weighted by molar-refractivity contribution is 9.10. The van der Waals surface area contributed by atoms with Gasteiger partial charge in [0.25, 0.3) is 0 Å². The van der Waals surface area contributed by atoms with Crippen molar-refractivity contribution in [1.82, 2.24) is 4.90 Å². The second-order valence-electron chi connectivity index (χ2n) is 4.73. The van der Waals surface area contributed by atoms with Gasteiger partial charge in [0.05, 0.1) is 11.6 Å². The Morgan fingerprint density at radius 3 is 2.60 bits per heavy atom. The van der Waals surface area contributed by atoms with Crippen molar-refractivity contribution in [3.05, 3.63) is 63.9 Å². The number of hydrogen-bond donors (Lipinski definition) is 0. The van der Waals surface area contributed by atoms with Crippen LogP contribution in [0, 0.1) is 5.82 Å². The molecule has 0 N–H and O–H groups in total. The average Bonchev–Trinajstić information content (AvgIpc) is 2.43. The molecule has 0 bridgehead atoms. The molecule has 0 unspecified atom stereocenters. The van der Waals surface area contributed by atoms with Gasteiger partial charge in [-0.05, 0) is 46.7 Å². The molecule has 2 rings (SSSR count). The first-order valence-corrected chi connectivity index (χ1v) is 7.14. The molecule has 0 heterocycles. The molecule has 0 amide bonds. The molecule has 0 aliphatic heterocycles. The molecule has 0 aliphatic rings. The predicted octanol–water partition coefficient (Wildman–Crippen LogP) is 4.23. The number of nitrogens with zero attached hydrogens (tertiary/aromatic N) is 1. The van der Waals surface area contributed by atoms with E-state index in [4.69, 9.17) is 4.74 Å². The van der Waals surface area contributed by atoms with Crippen LogP contribution < -0.4 is 4.74 Å². The van der Waals surface area contributed by atoms with Crippen molar-refractivity contribution in [1.29, 1.82) is 0 Å². The van der Waals surface area contributed by atoms with Crippen LogP contribution in [-0.2, 0) is 13.1 Å². The number of ether oxygens (including phenoxy) is 1. The minimum Gasteiger partial charge on any atom is -0.496 e. The standard InChI is InChI=1S/C16H17BrFNO/c1-19(10-12-7-8-15(18)14(17)9-12)11-13-5-3-4-6-16(13)20-2/h3-9H,10-11H2,1-2H3. The third kappa shape index (κ3) is 3.81. The van der Waals surface area contributed by atoms with Crippen molar-refractivity contribution in [3.8, 4) is 5.75 Å². The van der Waals surface area contributed by atoms with E-state index in [2.05, 4.69) is 26.9 Å². The summed E-state index contributed by atoms with van der Waals surface area (Å²) < 4.78 is 19.1. The van der Waals surface area contributed by atoms with Gasteiger partial charge in [0, 0.05) is 18.7 Å². The lowest BCUT2D eigenvalue weighted by Crippen LogP contribution is -2.17. The minimum absolute atomic E-state index is 0.235. The molecule has 2 nitrogen and oxygen atoms in total. The van der Waals surface area contributed by atoms with E-state index in [1.54, 1.807) is 13.2 Å². The van der Waals surface area contributed by atoms with Gasteiger partial charge in [0.1, 0.15) is 11.6 Å². The monoisotopic (exact) mass is 337 g/mol. The van der Waals surface area contributed by atoms with Crippen molar-refractivity contribution < 1.29 is 9.13 Å². The maximum absolute atomic E-state index is 13.2. The lowest BCUT2D eigenvalue weighted by Gasteiger charge is -2.18. The molecular formula is C16H17BrFNO. The summed E-state index contributed by atoms with van der Waals surface area (Å²) in [5, 5.41) is 0. The molecule has 0 atom stereocenters. The zero-order valence-electron chi connectivity index (χ0n) is 11.6. The molecular weight excluding hydrogens is 321 g/mol. The molecule has 0 fully saturated rings. The van der Waals surface area contributed by atoms with Crippen LogP contribution in [0.3, 0.4) is 0 Å². The number of hydrogen-bond acceptors (Lipinski definition) is 2. The second kappa shape index (κ2) is 6.86. The Morgan fingerprint density at radius 2 is 1.90 bits per heavy atom. The number of methoxy groups -OCH3 is 1. The molecule has 0 radical (unpaired) electrons. The van der Waals surface area contributed by atoms with Crippen LogP contribution in [-0.4, -0.2) is 19.1 Å². The fraction of sp³-hybridized carbons (Fsp3) is 0.250. The van der Waals surface area contributed by atoms with E-state index in [1.807, 2.05) is 31.3 Å². The summed E-state index contributed by atoms with van der Waals surface area (Å²) >= 11 is 3.21. The Morgan fingerprint density at radius 1 is 1.15 bits per heavy atom. The highest BCUT2D eigenvalue weighted by Gasteiger charge is 2.07. The smallest absolute Gasteiger partial charge is 0.137 e. The van der Waals surface area contributed by atoms with E-state index < -0.39 is 0 Å². The van der Waals surface area contributed by atoms with Crippen LogP contribution in [0.25, 0.3) is 0 Å². The van der Waals surface area contributed by atoms with Crippen molar-refractivity contribution in [3.63, 3.8) is 0 Å². The largest absolute Gasteiger partial charge is 0.496 e. The highest BCUT2D eigenvalue weighted by atomic mass is 79.9. The average molecular weight is 338 g/mol. The van der Waals surface area contributed by atoms with E-state index in [0.29, 0.717) is 4.47 Å². The molecule has 0 spiro atoms.